The van der Waals surface area contributed by atoms with Crippen molar-refractivity contribution in [1.82, 2.24) is 0 Å². The summed E-state index contributed by atoms with van der Waals surface area (Å²) < 4.78 is 0. The second-order valence-corrected chi connectivity index (χ2v) is 4.68. The molecule has 2 aromatic rings. The number of aryl methyl sites for hydroxylation is 1. The largest absolute Gasteiger partial charge is 0.508 e. The number of phenols is 1. The number of phenolic OH excluding ortho intramolecular Hbond substituents is 1. The molecule has 2 rings (SSSR count). The molecule has 1 heteroatoms. The van der Waals surface area contributed by atoms with Gasteiger partial charge in [-0.05, 0) is 48.4 Å². The third-order valence-corrected chi connectivity index (χ3v) is 3.35. The molecule has 93 valence electrons. The lowest BCUT2D eigenvalue weighted by Gasteiger charge is -2.15. The van der Waals surface area contributed by atoms with Gasteiger partial charge in [0.25, 0.3) is 0 Å². The first kappa shape index (κ1) is 12.7. The van der Waals surface area contributed by atoms with Gasteiger partial charge in [-0.2, -0.15) is 0 Å². The van der Waals surface area contributed by atoms with Gasteiger partial charge in [-0.3, -0.25) is 0 Å². The molecule has 18 heavy (non-hydrogen) atoms. The minimum atomic E-state index is 0.371. The maximum atomic E-state index is 9.54. The third-order valence-electron chi connectivity index (χ3n) is 3.35. The van der Waals surface area contributed by atoms with Gasteiger partial charge in [0.15, 0.2) is 0 Å². The minimum Gasteiger partial charge on any atom is -0.508 e. The van der Waals surface area contributed by atoms with Crippen molar-refractivity contribution in [3.8, 4) is 5.75 Å². The molecular weight excluding hydrogens is 220 g/mol. The highest BCUT2D eigenvalue weighted by atomic mass is 16.3. The fourth-order valence-electron chi connectivity index (χ4n) is 2.23. The minimum absolute atomic E-state index is 0.371. The van der Waals surface area contributed by atoms with Gasteiger partial charge >= 0.3 is 0 Å². The SMILES string of the molecule is C[CH]C(Cc1ccc(O)c(C)c1)c1ccccc1. The van der Waals surface area contributed by atoms with Crippen molar-refractivity contribution < 1.29 is 5.11 Å². The van der Waals surface area contributed by atoms with Crippen LogP contribution in [0.25, 0.3) is 0 Å². The molecule has 0 saturated heterocycles. The molecule has 2 aromatic carbocycles. The van der Waals surface area contributed by atoms with E-state index in [-0.39, 0.29) is 0 Å². The van der Waals surface area contributed by atoms with Crippen LogP contribution in [0.4, 0.5) is 0 Å². The molecule has 0 spiro atoms. The maximum absolute atomic E-state index is 9.54. The van der Waals surface area contributed by atoms with E-state index < -0.39 is 0 Å². The predicted molar refractivity (Wildman–Crippen MR) is 75.7 cm³/mol. The molecule has 1 N–H and O–H groups in total. The second-order valence-electron chi connectivity index (χ2n) is 4.68. The van der Waals surface area contributed by atoms with Crippen LogP contribution in [0.1, 0.15) is 29.5 Å². The van der Waals surface area contributed by atoms with E-state index in [2.05, 4.69) is 43.7 Å². The second kappa shape index (κ2) is 5.72. The summed E-state index contributed by atoms with van der Waals surface area (Å²) in [7, 11) is 0. The summed E-state index contributed by atoms with van der Waals surface area (Å²) in [5.74, 6) is 0.797. The van der Waals surface area contributed by atoms with Gasteiger partial charge in [-0.25, -0.2) is 0 Å². The van der Waals surface area contributed by atoms with Crippen LogP contribution < -0.4 is 0 Å². The van der Waals surface area contributed by atoms with Crippen molar-refractivity contribution in [2.75, 3.05) is 0 Å². The van der Waals surface area contributed by atoms with Crippen molar-refractivity contribution in [3.05, 3.63) is 71.6 Å². The Morgan fingerprint density at radius 1 is 1.11 bits per heavy atom. The van der Waals surface area contributed by atoms with Crippen LogP contribution in [0.3, 0.4) is 0 Å². The molecule has 1 unspecified atom stereocenters. The molecule has 0 aliphatic rings. The first-order chi connectivity index (χ1) is 8.70. The van der Waals surface area contributed by atoms with Crippen molar-refractivity contribution in [2.45, 2.75) is 26.2 Å². The summed E-state index contributed by atoms with van der Waals surface area (Å²) in [6, 6.07) is 16.4. The summed E-state index contributed by atoms with van der Waals surface area (Å²) in [5.41, 5.74) is 3.54. The van der Waals surface area contributed by atoms with Crippen molar-refractivity contribution in [2.24, 2.45) is 0 Å². The Kier molecular flexibility index (Phi) is 4.03. The molecule has 0 saturated carbocycles. The first-order valence-corrected chi connectivity index (χ1v) is 6.33. The van der Waals surface area contributed by atoms with Gasteiger partial charge in [0.05, 0.1) is 0 Å². The van der Waals surface area contributed by atoms with Crippen molar-refractivity contribution in [1.29, 1.82) is 0 Å². The van der Waals surface area contributed by atoms with Gasteiger partial charge in [0.2, 0.25) is 0 Å². The van der Waals surface area contributed by atoms with E-state index in [1.54, 1.807) is 6.07 Å². The lowest BCUT2D eigenvalue weighted by Crippen LogP contribution is -2.02. The van der Waals surface area contributed by atoms with Crippen LogP contribution >= 0.6 is 0 Å². The highest BCUT2D eigenvalue weighted by Gasteiger charge is 2.10. The zero-order valence-corrected chi connectivity index (χ0v) is 10.9. The number of aromatic hydroxyl groups is 1. The van der Waals surface area contributed by atoms with Gasteiger partial charge in [0, 0.05) is 0 Å². The Morgan fingerprint density at radius 2 is 1.83 bits per heavy atom. The van der Waals surface area contributed by atoms with Gasteiger partial charge in [0.1, 0.15) is 5.75 Å². The monoisotopic (exact) mass is 239 g/mol. The number of hydrogen-bond acceptors (Lipinski definition) is 1. The Labute approximate surface area is 109 Å². The van der Waals surface area contributed by atoms with Crippen LogP contribution in [0.2, 0.25) is 0 Å². The molecular formula is C17H19O. The van der Waals surface area contributed by atoms with Gasteiger partial charge < -0.3 is 5.11 Å². The summed E-state index contributed by atoms with van der Waals surface area (Å²) in [6.45, 7) is 4.04. The Morgan fingerprint density at radius 3 is 2.44 bits per heavy atom. The Hall–Kier alpha value is -1.76. The Bertz CT molecular complexity index is 502. The number of hydrogen-bond donors (Lipinski definition) is 1. The highest BCUT2D eigenvalue weighted by Crippen LogP contribution is 2.25. The molecule has 0 amide bonds. The summed E-state index contributed by atoms with van der Waals surface area (Å²) in [6.07, 6.45) is 3.21. The Balaban J connectivity index is 2.18. The first-order valence-electron chi connectivity index (χ1n) is 6.33. The maximum Gasteiger partial charge on any atom is 0.118 e. The van der Waals surface area contributed by atoms with E-state index in [9.17, 15) is 5.11 Å². The van der Waals surface area contributed by atoms with E-state index in [1.165, 1.54) is 11.1 Å². The number of rotatable bonds is 4. The predicted octanol–water partition coefficient (Wildman–Crippen LogP) is 4.25. The summed E-state index contributed by atoms with van der Waals surface area (Å²) in [4.78, 5) is 0. The summed E-state index contributed by atoms with van der Waals surface area (Å²) >= 11 is 0. The van der Waals surface area contributed by atoms with E-state index >= 15 is 0 Å². The van der Waals surface area contributed by atoms with Crippen LogP contribution in [-0.2, 0) is 6.42 Å². The van der Waals surface area contributed by atoms with E-state index in [0.29, 0.717) is 11.7 Å². The molecule has 0 aliphatic heterocycles. The average Bonchev–Trinajstić information content (AvgIpc) is 2.41. The standard InChI is InChI=1S/C17H19O/c1-3-15(16-7-5-4-6-8-16)12-14-9-10-17(18)13(2)11-14/h3-11,15,18H,12H2,1-2H3. The molecule has 1 nitrogen and oxygen atoms in total. The van der Waals surface area contributed by atoms with Crippen molar-refractivity contribution >= 4 is 0 Å². The zero-order chi connectivity index (χ0) is 13.0. The molecule has 1 atom stereocenters. The normalized spacial score (nSPS) is 12.3. The van der Waals surface area contributed by atoms with E-state index in [1.807, 2.05) is 19.1 Å². The molecule has 0 aromatic heterocycles. The average molecular weight is 239 g/mol. The van der Waals surface area contributed by atoms with Crippen molar-refractivity contribution in [3.63, 3.8) is 0 Å². The highest BCUT2D eigenvalue weighted by molar-refractivity contribution is 5.36. The lowest BCUT2D eigenvalue weighted by molar-refractivity contribution is 0.471. The smallest absolute Gasteiger partial charge is 0.118 e. The van der Waals surface area contributed by atoms with Gasteiger partial charge in [-0.1, -0.05) is 49.4 Å². The van der Waals surface area contributed by atoms with Crippen LogP contribution in [-0.4, -0.2) is 5.11 Å². The fraction of sp³-hybridized carbons (Fsp3) is 0.235. The lowest BCUT2D eigenvalue weighted by atomic mass is 9.89. The fourth-order valence-corrected chi connectivity index (χ4v) is 2.23. The molecule has 0 bridgehead atoms. The van der Waals surface area contributed by atoms with Crippen LogP contribution in [0.15, 0.2) is 48.5 Å². The van der Waals surface area contributed by atoms with Crippen LogP contribution in [0, 0.1) is 13.3 Å². The third kappa shape index (κ3) is 2.92. The molecule has 0 fully saturated rings. The van der Waals surface area contributed by atoms with Gasteiger partial charge in [-0.15, -0.1) is 0 Å². The number of benzene rings is 2. The quantitative estimate of drug-likeness (QED) is 0.845. The topological polar surface area (TPSA) is 20.2 Å². The van der Waals surface area contributed by atoms with E-state index in [4.69, 9.17) is 0 Å². The van der Waals surface area contributed by atoms with Crippen LogP contribution in [0.5, 0.6) is 5.75 Å². The molecule has 0 heterocycles. The molecule has 0 aliphatic carbocycles. The zero-order valence-electron chi connectivity index (χ0n) is 10.9. The summed E-state index contributed by atoms with van der Waals surface area (Å²) in [5, 5.41) is 9.54. The molecule has 1 radical (unpaired) electrons. The van der Waals surface area contributed by atoms with E-state index in [0.717, 1.165) is 12.0 Å².